The number of fused-ring (bicyclic) bond motifs is 1. The highest BCUT2D eigenvalue weighted by Gasteiger charge is 2.48. The molecule has 0 unspecified atom stereocenters. The molecular weight excluding hydrogens is 330 g/mol. The molecule has 1 fully saturated rings. The van der Waals surface area contributed by atoms with Crippen LogP contribution in [0.15, 0.2) is 6.07 Å². The van der Waals surface area contributed by atoms with Crippen LogP contribution in [0, 0.1) is 0 Å². The van der Waals surface area contributed by atoms with Gasteiger partial charge in [-0.3, -0.25) is 9.59 Å². The van der Waals surface area contributed by atoms with Crippen LogP contribution in [0.1, 0.15) is 34.4 Å². The van der Waals surface area contributed by atoms with Gasteiger partial charge < -0.3 is 25.0 Å². The van der Waals surface area contributed by atoms with Crippen molar-refractivity contribution in [2.45, 2.75) is 31.6 Å². The number of hydrogen-bond acceptors (Lipinski definition) is 6. The van der Waals surface area contributed by atoms with E-state index in [1.54, 1.807) is 38.9 Å². The molecule has 2 amide bonds. The van der Waals surface area contributed by atoms with Crippen molar-refractivity contribution in [1.29, 1.82) is 0 Å². The van der Waals surface area contributed by atoms with Crippen molar-refractivity contribution >= 4 is 23.2 Å². The first kappa shape index (κ1) is 17.2. The van der Waals surface area contributed by atoms with Gasteiger partial charge in [0.25, 0.3) is 5.91 Å². The van der Waals surface area contributed by atoms with E-state index in [-0.39, 0.29) is 18.4 Å². The Kier molecular flexibility index (Phi) is 4.31. The van der Waals surface area contributed by atoms with Crippen molar-refractivity contribution in [2.24, 2.45) is 0 Å². The molecule has 0 radical (unpaired) electrons. The zero-order valence-corrected chi connectivity index (χ0v) is 15.1. The van der Waals surface area contributed by atoms with Gasteiger partial charge in [-0.1, -0.05) is 0 Å². The number of nitrogens with one attached hydrogen (secondary N) is 1. The number of carbonyl (C=O) groups is 2. The predicted molar refractivity (Wildman–Crippen MR) is 90.4 cm³/mol. The Hall–Kier alpha value is -1.64. The molecule has 0 aliphatic carbocycles. The maximum absolute atomic E-state index is 12.3. The Morgan fingerprint density at radius 2 is 2.21 bits per heavy atom. The molecule has 0 bridgehead atoms. The average molecular weight is 353 g/mol. The molecule has 7 nitrogen and oxygen atoms in total. The van der Waals surface area contributed by atoms with Gasteiger partial charge in [0.05, 0.1) is 22.3 Å². The number of piperazine rings is 1. The van der Waals surface area contributed by atoms with Gasteiger partial charge in [-0.2, -0.15) is 0 Å². The molecule has 8 heteroatoms. The van der Waals surface area contributed by atoms with E-state index in [2.05, 4.69) is 5.32 Å². The van der Waals surface area contributed by atoms with Crippen molar-refractivity contribution in [2.75, 3.05) is 33.7 Å². The fraction of sp³-hybridized carbons (Fsp3) is 0.625. The second-order valence-electron chi connectivity index (χ2n) is 6.90. The number of carbonyl (C=O) groups excluding carboxylic acids is 2. The molecule has 2 N–H and O–H groups in total. The highest BCUT2D eigenvalue weighted by atomic mass is 32.1. The molecule has 1 aromatic heterocycles. The number of thiophene rings is 1. The van der Waals surface area contributed by atoms with Crippen LogP contribution in [0.2, 0.25) is 0 Å². The molecule has 132 valence electrons. The lowest BCUT2D eigenvalue weighted by Gasteiger charge is -2.46. The Labute approximate surface area is 145 Å². The van der Waals surface area contributed by atoms with E-state index >= 15 is 0 Å². The highest BCUT2D eigenvalue weighted by Crippen LogP contribution is 2.47. The largest absolute Gasteiger partial charge is 0.484 e. The van der Waals surface area contributed by atoms with Crippen molar-refractivity contribution in [3.63, 3.8) is 0 Å². The number of aliphatic hydroxyl groups excluding tert-OH is 1. The summed E-state index contributed by atoms with van der Waals surface area (Å²) >= 11 is 1.29. The number of hydrogen-bond donors (Lipinski definition) is 2. The molecule has 0 aromatic carbocycles. The molecule has 3 heterocycles. The van der Waals surface area contributed by atoms with Crippen LogP contribution >= 0.6 is 11.3 Å². The molecular formula is C16H23N3O4S. The van der Waals surface area contributed by atoms with Crippen molar-refractivity contribution in [3.8, 4) is 5.75 Å². The summed E-state index contributed by atoms with van der Waals surface area (Å²) in [7, 11) is 3.38. The van der Waals surface area contributed by atoms with Crippen molar-refractivity contribution < 1.29 is 19.4 Å². The zero-order chi connectivity index (χ0) is 17.6. The summed E-state index contributed by atoms with van der Waals surface area (Å²) in [6.45, 7) is 5.05. The van der Waals surface area contributed by atoms with E-state index in [9.17, 15) is 14.7 Å². The minimum Gasteiger partial charge on any atom is -0.484 e. The lowest BCUT2D eigenvalue weighted by atomic mass is 9.89. The summed E-state index contributed by atoms with van der Waals surface area (Å²) < 4.78 is 5.93. The number of amides is 2. The molecule has 2 aliphatic heterocycles. The van der Waals surface area contributed by atoms with Crippen LogP contribution in [-0.4, -0.2) is 72.2 Å². The van der Waals surface area contributed by atoms with E-state index in [4.69, 9.17) is 4.74 Å². The van der Waals surface area contributed by atoms with Gasteiger partial charge in [0.15, 0.2) is 0 Å². The molecule has 0 saturated carbocycles. The normalized spacial score (nSPS) is 25.9. The first-order chi connectivity index (χ1) is 11.2. The van der Waals surface area contributed by atoms with Crippen LogP contribution in [0.4, 0.5) is 0 Å². The third-order valence-corrected chi connectivity index (χ3v) is 5.63. The molecule has 1 aromatic rings. The van der Waals surface area contributed by atoms with Gasteiger partial charge in [-0.15, -0.1) is 11.3 Å². The molecule has 0 spiro atoms. The van der Waals surface area contributed by atoms with Crippen LogP contribution in [0.25, 0.3) is 0 Å². The second kappa shape index (κ2) is 6.02. The number of ether oxygens (including phenoxy) is 1. The fourth-order valence-electron chi connectivity index (χ4n) is 3.09. The minimum absolute atomic E-state index is 0.0529. The van der Waals surface area contributed by atoms with E-state index in [0.717, 1.165) is 4.88 Å². The first-order valence-corrected chi connectivity index (χ1v) is 8.76. The van der Waals surface area contributed by atoms with Gasteiger partial charge in [-0.25, -0.2) is 0 Å². The average Bonchev–Trinajstić information content (AvgIpc) is 2.91. The third-order valence-electron chi connectivity index (χ3n) is 4.46. The Morgan fingerprint density at radius 1 is 1.50 bits per heavy atom. The molecule has 1 saturated heterocycles. The minimum atomic E-state index is -0.868. The van der Waals surface area contributed by atoms with E-state index in [1.165, 1.54) is 16.2 Å². The van der Waals surface area contributed by atoms with Gasteiger partial charge >= 0.3 is 0 Å². The predicted octanol–water partition coefficient (Wildman–Crippen LogP) is 0.455. The van der Waals surface area contributed by atoms with Crippen molar-refractivity contribution in [1.82, 2.24) is 15.1 Å². The van der Waals surface area contributed by atoms with Gasteiger partial charge in [0, 0.05) is 33.3 Å². The molecule has 3 rings (SSSR count). The number of rotatable bonds is 2. The number of aliphatic hydroxyl groups is 1. The maximum atomic E-state index is 12.3. The van der Waals surface area contributed by atoms with E-state index in [1.807, 2.05) is 0 Å². The molecule has 2 atom stereocenters. The van der Waals surface area contributed by atoms with Crippen LogP contribution in [0.3, 0.4) is 0 Å². The van der Waals surface area contributed by atoms with E-state index < -0.39 is 17.7 Å². The SMILES string of the molecule is CN(C)C(=O)c1cc2c(s1)[C@@H](N1CCNCC1=O)[C@H](O)C(C)(C)O2. The quantitative estimate of drug-likeness (QED) is 0.807. The second-order valence-corrected chi connectivity index (χ2v) is 7.98. The fourth-order valence-corrected chi connectivity index (χ4v) is 4.35. The summed E-state index contributed by atoms with van der Waals surface area (Å²) in [5, 5.41) is 13.9. The molecule has 2 aliphatic rings. The Bertz CT molecular complexity index is 670. The van der Waals surface area contributed by atoms with Crippen LogP contribution < -0.4 is 10.1 Å². The van der Waals surface area contributed by atoms with Gasteiger partial charge in [0.2, 0.25) is 5.91 Å². The number of nitrogens with zero attached hydrogens (tertiary/aromatic N) is 2. The van der Waals surface area contributed by atoms with Gasteiger partial charge in [0.1, 0.15) is 17.5 Å². The first-order valence-electron chi connectivity index (χ1n) is 7.95. The smallest absolute Gasteiger partial charge is 0.263 e. The standard InChI is InChI=1S/C16H23N3O4S/c1-16(2)14(21)12(19-6-5-17-8-11(19)20)13-9(23-16)7-10(24-13)15(22)18(3)4/h7,12,14,17,21H,5-6,8H2,1-4H3/t12-,14+/m1/s1. The highest BCUT2D eigenvalue weighted by molar-refractivity contribution is 7.14. The summed E-state index contributed by atoms with van der Waals surface area (Å²) in [5.74, 6) is 0.412. The summed E-state index contributed by atoms with van der Waals surface area (Å²) in [6.07, 6.45) is -0.868. The third kappa shape index (κ3) is 2.78. The van der Waals surface area contributed by atoms with Crippen molar-refractivity contribution in [3.05, 3.63) is 15.8 Å². The summed E-state index contributed by atoms with van der Waals surface area (Å²) in [5.41, 5.74) is -0.845. The van der Waals surface area contributed by atoms with Crippen LogP contribution in [-0.2, 0) is 4.79 Å². The maximum Gasteiger partial charge on any atom is 0.263 e. The monoisotopic (exact) mass is 353 g/mol. The summed E-state index contributed by atoms with van der Waals surface area (Å²) in [4.78, 5) is 29.1. The van der Waals surface area contributed by atoms with E-state index in [0.29, 0.717) is 23.7 Å². The lowest BCUT2D eigenvalue weighted by Crippen LogP contribution is -2.58. The topological polar surface area (TPSA) is 82.1 Å². The Balaban J connectivity index is 2.05. The molecule has 24 heavy (non-hydrogen) atoms. The lowest BCUT2D eigenvalue weighted by molar-refractivity contribution is -0.145. The summed E-state index contributed by atoms with van der Waals surface area (Å²) in [6, 6.07) is 1.22. The zero-order valence-electron chi connectivity index (χ0n) is 14.3. The van der Waals surface area contributed by atoms with Crippen LogP contribution in [0.5, 0.6) is 5.75 Å². The van der Waals surface area contributed by atoms with Gasteiger partial charge in [-0.05, 0) is 13.8 Å². The Morgan fingerprint density at radius 3 is 2.83 bits per heavy atom.